The molecule has 6 heteroatoms. The summed E-state index contributed by atoms with van der Waals surface area (Å²) < 4.78 is 5.38. The predicted molar refractivity (Wildman–Crippen MR) is 87.8 cm³/mol. The monoisotopic (exact) mass is 320 g/mol. The number of aliphatic carboxylic acids is 1. The molecule has 0 aliphatic carbocycles. The number of nitrogens with zero attached hydrogens (tertiary/aromatic N) is 1. The summed E-state index contributed by atoms with van der Waals surface area (Å²) in [6, 6.07) is 3.98. The number of rotatable bonds is 7. The molecule has 3 N–H and O–H groups in total. The second-order valence-corrected chi connectivity index (χ2v) is 5.71. The van der Waals surface area contributed by atoms with E-state index < -0.39 is 18.1 Å². The lowest BCUT2D eigenvalue weighted by molar-refractivity contribution is -0.142. The zero-order valence-corrected chi connectivity index (χ0v) is 13.6. The average molecular weight is 320 g/mol. The van der Waals surface area contributed by atoms with Crippen LogP contribution < -0.4 is 10.5 Å². The number of carbonyl (C=O) groups is 2. The van der Waals surface area contributed by atoms with Gasteiger partial charge >= 0.3 is 5.97 Å². The van der Waals surface area contributed by atoms with Crippen LogP contribution in [0, 0.1) is 0 Å². The van der Waals surface area contributed by atoms with Crippen LogP contribution >= 0.6 is 0 Å². The molecular weight excluding hydrogens is 296 g/mol. The number of nitrogen functional groups attached to an aromatic ring is 1. The minimum Gasteiger partial charge on any atom is -0.492 e. The highest BCUT2D eigenvalue weighted by Crippen LogP contribution is 2.27. The molecule has 0 spiro atoms. The number of hydrogen-bond donors (Lipinski definition) is 2. The van der Waals surface area contributed by atoms with Crippen molar-refractivity contribution < 1.29 is 19.4 Å². The van der Waals surface area contributed by atoms with Crippen LogP contribution in [0.15, 0.2) is 18.2 Å². The van der Waals surface area contributed by atoms with E-state index >= 15 is 0 Å². The molecule has 126 valence electrons. The summed E-state index contributed by atoms with van der Waals surface area (Å²) in [6.45, 7) is 4.90. The van der Waals surface area contributed by atoms with Crippen molar-refractivity contribution in [1.29, 1.82) is 0 Å². The zero-order chi connectivity index (χ0) is 17.0. The second-order valence-electron chi connectivity index (χ2n) is 5.71. The number of likely N-dealkylation sites (tertiary alicyclic amines) is 1. The van der Waals surface area contributed by atoms with Crippen molar-refractivity contribution in [2.75, 3.05) is 18.9 Å². The third-order valence-electron chi connectivity index (χ3n) is 4.26. The molecule has 0 radical (unpaired) electrons. The fourth-order valence-electron chi connectivity index (χ4n) is 3.18. The van der Waals surface area contributed by atoms with Crippen LogP contribution in [0.4, 0.5) is 5.69 Å². The van der Waals surface area contributed by atoms with E-state index in [2.05, 4.69) is 0 Å². The van der Waals surface area contributed by atoms with Gasteiger partial charge in [-0.2, -0.15) is 0 Å². The number of ether oxygens (including phenoxy) is 1. The van der Waals surface area contributed by atoms with Crippen molar-refractivity contribution in [3.63, 3.8) is 0 Å². The number of carboxylic acids is 1. The van der Waals surface area contributed by atoms with Gasteiger partial charge in [0, 0.05) is 5.56 Å². The van der Waals surface area contributed by atoms with E-state index in [0.717, 1.165) is 6.42 Å². The molecule has 1 saturated heterocycles. The van der Waals surface area contributed by atoms with E-state index in [1.54, 1.807) is 23.1 Å². The highest BCUT2D eigenvalue weighted by Gasteiger charge is 2.37. The summed E-state index contributed by atoms with van der Waals surface area (Å²) in [5.74, 6) is -0.392. The van der Waals surface area contributed by atoms with Gasteiger partial charge in [0.05, 0.1) is 18.3 Å². The number of hydrogen-bond acceptors (Lipinski definition) is 5. The Hall–Kier alpha value is -2.08. The minimum absolute atomic E-state index is 0.0876. The molecule has 0 saturated carbocycles. The van der Waals surface area contributed by atoms with Crippen molar-refractivity contribution >= 4 is 17.4 Å². The second kappa shape index (κ2) is 7.46. The number of ketones is 1. The van der Waals surface area contributed by atoms with Gasteiger partial charge in [0.15, 0.2) is 5.78 Å². The fraction of sp³-hybridized carbons (Fsp3) is 0.529. The van der Waals surface area contributed by atoms with E-state index in [-0.39, 0.29) is 5.78 Å². The van der Waals surface area contributed by atoms with Crippen molar-refractivity contribution in [3.8, 4) is 5.75 Å². The molecule has 2 atom stereocenters. The minimum atomic E-state index is -0.861. The third-order valence-corrected chi connectivity index (χ3v) is 4.26. The van der Waals surface area contributed by atoms with Gasteiger partial charge < -0.3 is 15.6 Å². The number of nitrogens with two attached hydrogens (primary N) is 1. The largest absolute Gasteiger partial charge is 0.492 e. The number of carboxylic acid groups (broad SMARTS) is 1. The molecule has 0 amide bonds. The molecule has 0 bridgehead atoms. The van der Waals surface area contributed by atoms with E-state index in [4.69, 9.17) is 10.5 Å². The van der Waals surface area contributed by atoms with Crippen LogP contribution in [-0.2, 0) is 4.79 Å². The Bertz CT molecular complexity index is 588. The van der Waals surface area contributed by atoms with Gasteiger partial charge in [-0.25, -0.2) is 0 Å². The summed E-state index contributed by atoms with van der Waals surface area (Å²) in [4.78, 5) is 26.0. The Labute approximate surface area is 136 Å². The number of carbonyl (C=O) groups excluding carboxylic acids is 1. The first kappa shape index (κ1) is 17.3. The summed E-state index contributed by atoms with van der Waals surface area (Å²) in [6.07, 6.45) is 1.95. The molecule has 0 aromatic heterocycles. The molecule has 1 aliphatic rings. The van der Waals surface area contributed by atoms with Gasteiger partial charge in [-0.1, -0.05) is 6.92 Å². The van der Waals surface area contributed by atoms with Gasteiger partial charge in [-0.15, -0.1) is 0 Å². The molecule has 1 aromatic rings. The Kier molecular flexibility index (Phi) is 5.60. The van der Waals surface area contributed by atoms with E-state index in [1.807, 2.05) is 13.8 Å². The summed E-state index contributed by atoms with van der Waals surface area (Å²) in [5.41, 5.74) is 6.85. The standard InChI is InChI=1S/C17H24N2O4/c1-3-13(19-9-5-6-14(19)17(21)22)16(20)11-7-8-15(23-4-2)12(18)10-11/h7-8,10,13-14H,3-6,9,18H2,1-2H3,(H,21,22). The highest BCUT2D eigenvalue weighted by molar-refractivity contribution is 6.01. The topological polar surface area (TPSA) is 92.9 Å². The van der Waals surface area contributed by atoms with Crippen LogP contribution in [0.2, 0.25) is 0 Å². The first-order chi connectivity index (χ1) is 11.0. The zero-order valence-electron chi connectivity index (χ0n) is 13.6. The number of benzene rings is 1. The van der Waals surface area contributed by atoms with Crippen LogP contribution in [-0.4, -0.2) is 47.0 Å². The average Bonchev–Trinajstić information content (AvgIpc) is 2.99. The normalized spacial score (nSPS) is 19.5. The van der Waals surface area contributed by atoms with Gasteiger partial charge in [0.25, 0.3) is 0 Å². The van der Waals surface area contributed by atoms with E-state index in [0.29, 0.717) is 43.0 Å². The predicted octanol–water partition coefficient (Wildman–Crippen LogP) is 2.18. The molecule has 1 aromatic carbocycles. The van der Waals surface area contributed by atoms with Crippen LogP contribution in [0.1, 0.15) is 43.5 Å². The molecule has 23 heavy (non-hydrogen) atoms. The number of anilines is 1. The molecule has 1 aliphatic heterocycles. The Balaban J connectivity index is 2.23. The maximum Gasteiger partial charge on any atom is 0.320 e. The van der Waals surface area contributed by atoms with Crippen LogP contribution in [0.25, 0.3) is 0 Å². The van der Waals surface area contributed by atoms with Crippen LogP contribution in [0.3, 0.4) is 0 Å². The Morgan fingerprint density at radius 2 is 2.17 bits per heavy atom. The Morgan fingerprint density at radius 3 is 2.74 bits per heavy atom. The molecule has 1 heterocycles. The highest BCUT2D eigenvalue weighted by atomic mass is 16.5. The van der Waals surface area contributed by atoms with Gasteiger partial charge in [0.2, 0.25) is 0 Å². The van der Waals surface area contributed by atoms with Gasteiger partial charge in [-0.3, -0.25) is 14.5 Å². The summed E-state index contributed by atoms with van der Waals surface area (Å²) in [5, 5.41) is 9.33. The SMILES string of the molecule is CCOc1ccc(C(=O)C(CC)N2CCCC2C(=O)O)cc1N. The smallest absolute Gasteiger partial charge is 0.320 e. The summed E-state index contributed by atoms with van der Waals surface area (Å²) in [7, 11) is 0. The van der Waals surface area contributed by atoms with Crippen molar-refractivity contribution in [2.24, 2.45) is 0 Å². The molecule has 1 fully saturated rings. The molecule has 2 rings (SSSR count). The lowest BCUT2D eigenvalue weighted by atomic mass is 9.99. The maximum atomic E-state index is 12.8. The van der Waals surface area contributed by atoms with E-state index in [9.17, 15) is 14.7 Å². The Morgan fingerprint density at radius 1 is 1.43 bits per heavy atom. The van der Waals surface area contributed by atoms with Crippen LogP contribution in [0.5, 0.6) is 5.75 Å². The first-order valence-electron chi connectivity index (χ1n) is 8.04. The van der Waals surface area contributed by atoms with Gasteiger partial charge in [-0.05, 0) is 50.9 Å². The molecule has 2 unspecified atom stereocenters. The quantitative estimate of drug-likeness (QED) is 0.591. The first-order valence-corrected chi connectivity index (χ1v) is 8.04. The summed E-state index contributed by atoms with van der Waals surface area (Å²) >= 11 is 0. The maximum absolute atomic E-state index is 12.8. The molecule has 6 nitrogen and oxygen atoms in total. The van der Waals surface area contributed by atoms with Crippen molar-refractivity contribution in [2.45, 2.75) is 45.2 Å². The van der Waals surface area contributed by atoms with Crippen molar-refractivity contribution in [3.05, 3.63) is 23.8 Å². The number of Topliss-reactive ketones (excluding diaryl/α,β-unsaturated/α-hetero) is 1. The third kappa shape index (κ3) is 3.64. The van der Waals surface area contributed by atoms with Gasteiger partial charge in [0.1, 0.15) is 11.8 Å². The fourth-order valence-corrected chi connectivity index (χ4v) is 3.18. The van der Waals surface area contributed by atoms with E-state index in [1.165, 1.54) is 0 Å². The molecular formula is C17H24N2O4. The lowest BCUT2D eigenvalue weighted by Gasteiger charge is -2.29. The lowest BCUT2D eigenvalue weighted by Crippen LogP contribution is -2.46. The van der Waals surface area contributed by atoms with Crippen molar-refractivity contribution in [1.82, 2.24) is 4.90 Å².